The number of hydrogen-bond acceptors (Lipinski definition) is 6. The van der Waals surface area contributed by atoms with Gasteiger partial charge in [-0.2, -0.15) is 0 Å². The molecular weight excluding hydrogens is 434 g/mol. The largest absolute Gasteiger partial charge is 0.480 e. The SMILES string of the molecule is NS(=O)(=O)c1ccc(CNC(=S)N2CCCC2C(=O)NCC(=O)NCC(=O)O)cc1. The fourth-order valence-electron chi connectivity index (χ4n) is 2.88. The molecule has 0 bridgehead atoms. The van der Waals surface area contributed by atoms with E-state index >= 15 is 0 Å². The molecule has 0 aromatic heterocycles. The maximum Gasteiger partial charge on any atom is 0.322 e. The number of nitrogens with zero attached hydrogens (tertiary/aromatic N) is 1. The molecule has 1 saturated heterocycles. The van der Waals surface area contributed by atoms with E-state index in [1.807, 2.05) is 0 Å². The lowest BCUT2D eigenvalue weighted by Gasteiger charge is -2.26. The molecular formula is C17H23N5O6S2. The molecule has 164 valence electrons. The zero-order valence-electron chi connectivity index (χ0n) is 16.0. The second kappa shape index (κ2) is 10.3. The maximum atomic E-state index is 12.4. The average molecular weight is 458 g/mol. The Morgan fingerprint density at radius 3 is 2.40 bits per heavy atom. The van der Waals surface area contributed by atoms with Gasteiger partial charge in [-0.15, -0.1) is 0 Å². The topological polar surface area (TPSA) is 171 Å². The van der Waals surface area contributed by atoms with Crippen molar-refractivity contribution < 1.29 is 27.9 Å². The quantitative estimate of drug-likeness (QED) is 0.291. The smallest absolute Gasteiger partial charge is 0.322 e. The molecule has 11 nitrogen and oxygen atoms in total. The number of likely N-dealkylation sites (tertiary alicyclic amines) is 1. The van der Waals surface area contributed by atoms with E-state index in [0.29, 0.717) is 24.6 Å². The molecule has 2 amide bonds. The van der Waals surface area contributed by atoms with Gasteiger partial charge in [-0.1, -0.05) is 12.1 Å². The van der Waals surface area contributed by atoms with E-state index in [4.69, 9.17) is 22.5 Å². The van der Waals surface area contributed by atoms with Gasteiger partial charge in [0.25, 0.3) is 0 Å². The molecule has 1 aliphatic heterocycles. The van der Waals surface area contributed by atoms with Gasteiger partial charge in [0.1, 0.15) is 12.6 Å². The Morgan fingerprint density at radius 2 is 1.80 bits per heavy atom. The van der Waals surface area contributed by atoms with Crippen LogP contribution in [0.1, 0.15) is 18.4 Å². The maximum absolute atomic E-state index is 12.4. The second-order valence-electron chi connectivity index (χ2n) is 6.59. The number of sulfonamides is 1. The minimum atomic E-state index is -3.76. The lowest BCUT2D eigenvalue weighted by molar-refractivity contribution is -0.137. The Hall–Kier alpha value is -2.77. The molecule has 1 aliphatic rings. The summed E-state index contributed by atoms with van der Waals surface area (Å²) < 4.78 is 22.6. The van der Waals surface area contributed by atoms with Crippen molar-refractivity contribution in [2.45, 2.75) is 30.3 Å². The normalized spacial score (nSPS) is 16.0. The summed E-state index contributed by atoms with van der Waals surface area (Å²) in [5.74, 6) is -2.15. The third-order valence-corrected chi connectivity index (χ3v) is 5.68. The van der Waals surface area contributed by atoms with E-state index in [1.165, 1.54) is 12.1 Å². The average Bonchev–Trinajstić information content (AvgIpc) is 3.18. The summed E-state index contributed by atoms with van der Waals surface area (Å²) in [5, 5.41) is 21.6. The molecule has 1 fully saturated rings. The number of nitrogens with one attached hydrogen (secondary N) is 3. The summed E-state index contributed by atoms with van der Waals surface area (Å²) in [6.07, 6.45) is 1.31. The predicted molar refractivity (Wildman–Crippen MR) is 111 cm³/mol. The first-order chi connectivity index (χ1) is 14.1. The highest BCUT2D eigenvalue weighted by atomic mass is 32.2. The summed E-state index contributed by atoms with van der Waals surface area (Å²) in [7, 11) is -3.76. The van der Waals surface area contributed by atoms with Gasteiger partial charge < -0.3 is 26.0 Å². The number of hydrogen-bond donors (Lipinski definition) is 5. The Kier molecular flexibility index (Phi) is 8.08. The van der Waals surface area contributed by atoms with Gasteiger partial charge >= 0.3 is 5.97 Å². The van der Waals surface area contributed by atoms with Crippen LogP contribution in [0.3, 0.4) is 0 Å². The van der Waals surface area contributed by atoms with Crippen LogP contribution < -0.4 is 21.1 Å². The molecule has 1 aromatic carbocycles. The van der Waals surface area contributed by atoms with Gasteiger partial charge in [-0.05, 0) is 42.8 Å². The van der Waals surface area contributed by atoms with Crippen molar-refractivity contribution in [2.75, 3.05) is 19.6 Å². The molecule has 30 heavy (non-hydrogen) atoms. The van der Waals surface area contributed by atoms with Crippen molar-refractivity contribution in [1.82, 2.24) is 20.9 Å². The van der Waals surface area contributed by atoms with Crippen LogP contribution in [0.2, 0.25) is 0 Å². The molecule has 2 rings (SSSR count). The lowest BCUT2D eigenvalue weighted by atomic mass is 10.2. The Balaban J connectivity index is 1.85. The number of amides is 2. The fourth-order valence-corrected chi connectivity index (χ4v) is 3.69. The summed E-state index contributed by atoms with van der Waals surface area (Å²) in [6, 6.07) is 5.48. The van der Waals surface area contributed by atoms with Crippen LogP contribution in [-0.2, 0) is 31.0 Å². The number of carboxylic acid groups (broad SMARTS) is 1. The summed E-state index contributed by atoms with van der Waals surface area (Å²) in [6.45, 7) is 0.0507. The Morgan fingerprint density at radius 1 is 1.13 bits per heavy atom. The van der Waals surface area contributed by atoms with Crippen LogP contribution in [0.15, 0.2) is 29.2 Å². The number of aliphatic carboxylic acids is 1. The van der Waals surface area contributed by atoms with Gasteiger partial charge in [-0.3, -0.25) is 14.4 Å². The van der Waals surface area contributed by atoms with E-state index in [9.17, 15) is 22.8 Å². The van der Waals surface area contributed by atoms with Gasteiger partial charge in [0, 0.05) is 13.1 Å². The molecule has 1 aromatic rings. The number of carboxylic acids is 1. The summed E-state index contributed by atoms with van der Waals surface area (Å²) in [5.41, 5.74) is 0.778. The number of benzene rings is 1. The fraction of sp³-hybridized carbons (Fsp3) is 0.412. The van der Waals surface area contributed by atoms with Gasteiger partial charge in [0.05, 0.1) is 11.4 Å². The molecule has 6 N–H and O–H groups in total. The number of primary sulfonamides is 1. The van der Waals surface area contributed by atoms with Crippen molar-refractivity contribution in [2.24, 2.45) is 5.14 Å². The number of thiocarbonyl (C=S) groups is 1. The van der Waals surface area contributed by atoms with Crippen LogP contribution in [0.5, 0.6) is 0 Å². The Bertz CT molecular complexity index is 919. The highest BCUT2D eigenvalue weighted by Crippen LogP contribution is 2.18. The highest BCUT2D eigenvalue weighted by molar-refractivity contribution is 7.89. The van der Waals surface area contributed by atoms with Crippen molar-refractivity contribution in [3.63, 3.8) is 0 Å². The molecule has 1 atom stereocenters. The zero-order valence-corrected chi connectivity index (χ0v) is 17.6. The third-order valence-electron chi connectivity index (χ3n) is 4.37. The first kappa shape index (κ1) is 23.5. The highest BCUT2D eigenvalue weighted by Gasteiger charge is 2.32. The first-order valence-electron chi connectivity index (χ1n) is 9.00. The molecule has 0 spiro atoms. The summed E-state index contributed by atoms with van der Waals surface area (Å²) in [4.78, 5) is 36.1. The van der Waals surface area contributed by atoms with Crippen molar-refractivity contribution >= 4 is 45.1 Å². The van der Waals surface area contributed by atoms with Crippen LogP contribution >= 0.6 is 12.2 Å². The zero-order chi connectivity index (χ0) is 22.3. The van der Waals surface area contributed by atoms with Gasteiger partial charge in [0.15, 0.2) is 5.11 Å². The number of carbonyl (C=O) groups is 3. The number of rotatable bonds is 8. The molecule has 13 heteroatoms. The van der Waals surface area contributed by atoms with E-state index in [-0.39, 0.29) is 17.3 Å². The predicted octanol–water partition coefficient (Wildman–Crippen LogP) is -1.51. The van der Waals surface area contributed by atoms with E-state index in [0.717, 1.165) is 12.0 Å². The standard InChI is InChI=1S/C17H23N5O6S2/c18-30(27,28)12-5-3-11(4-6-12)8-21-17(29)22-7-1-2-13(22)16(26)20-9-14(23)19-10-15(24)25/h3-6,13H,1-2,7-10H2,(H,19,23)(H,20,26)(H,21,29)(H,24,25)(H2,18,27,28). The number of nitrogens with two attached hydrogens (primary N) is 1. The van der Waals surface area contributed by atoms with E-state index in [2.05, 4.69) is 16.0 Å². The molecule has 1 unspecified atom stereocenters. The summed E-state index contributed by atoms with van der Waals surface area (Å²) >= 11 is 5.37. The van der Waals surface area contributed by atoms with E-state index < -0.39 is 34.5 Å². The van der Waals surface area contributed by atoms with Crippen molar-refractivity contribution in [3.05, 3.63) is 29.8 Å². The molecule has 1 heterocycles. The van der Waals surface area contributed by atoms with E-state index in [1.54, 1.807) is 17.0 Å². The monoisotopic (exact) mass is 457 g/mol. The third kappa shape index (κ3) is 6.93. The second-order valence-corrected chi connectivity index (χ2v) is 8.54. The van der Waals surface area contributed by atoms with Gasteiger partial charge in [0.2, 0.25) is 21.8 Å². The van der Waals surface area contributed by atoms with Gasteiger partial charge in [-0.25, -0.2) is 13.6 Å². The van der Waals surface area contributed by atoms with Crippen LogP contribution in [0.4, 0.5) is 0 Å². The minimum absolute atomic E-state index is 0.0116. The van der Waals surface area contributed by atoms with Crippen molar-refractivity contribution in [1.29, 1.82) is 0 Å². The lowest BCUT2D eigenvalue weighted by Crippen LogP contribution is -2.50. The minimum Gasteiger partial charge on any atom is -0.480 e. The number of carbonyl (C=O) groups excluding carboxylic acids is 2. The molecule has 0 radical (unpaired) electrons. The molecule has 0 saturated carbocycles. The van der Waals surface area contributed by atoms with Crippen LogP contribution in [-0.4, -0.2) is 67.0 Å². The molecule has 0 aliphatic carbocycles. The van der Waals surface area contributed by atoms with Crippen LogP contribution in [0, 0.1) is 0 Å². The Labute approximate surface area is 179 Å². The van der Waals surface area contributed by atoms with Crippen LogP contribution in [0.25, 0.3) is 0 Å². The van der Waals surface area contributed by atoms with Crippen molar-refractivity contribution in [3.8, 4) is 0 Å². The first-order valence-corrected chi connectivity index (χ1v) is 11.0.